The molecule has 1 aliphatic carbocycles. The summed E-state index contributed by atoms with van der Waals surface area (Å²) in [5.41, 5.74) is 2.06. The second-order valence-electron chi connectivity index (χ2n) is 7.73. The van der Waals surface area contributed by atoms with Gasteiger partial charge in [0.25, 0.3) is 0 Å². The maximum absolute atomic E-state index is 9.74. The standard InChI is InChI=1S/C22H37NO3/c1-5-16(2)20-11-12-22(21(15-20)23-17(3)24)26-18(4)25-14-13-19-9-7-6-8-10-19/h11-12,15-19,23-24H,5-10,13-14H2,1-4H3. The highest BCUT2D eigenvalue weighted by Crippen LogP contribution is 2.31. The molecule has 0 heterocycles. The number of hydrogen-bond donors (Lipinski definition) is 2. The molecule has 2 rings (SSSR count). The van der Waals surface area contributed by atoms with E-state index in [9.17, 15) is 5.11 Å². The number of nitrogens with one attached hydrogen (secondary N) is 1. The van der Waals surface area contributed by atoms with Crippen molar-refractivity contribution in [1.29, 1.82) is 0 Å². The molecule has 1 aromatic carbocycles. The number of aliphatic hydroxyl groups excluding tert-OH is 1. The quantitative estimate of drug-likeness (QED) is 0.526. The van der Waals surface area contributed by atoms with Crippen LogP contribution in [0.1, 0.15) is 84.1 Å². The predicted molar refractivity (Wildman–Crippen MR) is 108 cm³/mol. The van der Waals surface area contributed by atoms with Gasteiger partial charge < -0.3 is 19.9 Å². The van der Waals surface area contributed by atoms with Crippen molar-refractivity contribution in [2.24, 2.45) is 5.92 Å². The Morgan fingerprint density at radius 3 is 2.54 bits per heavy atom. The summed E-state index contributed by atoms with van der Waals surface area (Å²) in [6.45, 7) is 8.79. The van der Waals surface area contributed by atoms with Crippen molar-refractivity contribution in [2.45, 2.75) is 91.1 Å². The van der Waals surface area contributed by atoms with Gasteiger partial charge in [0.1, 0.15) is 12.0 Å². The Labute approximate surface area is 159 Å². The average molecular weight is 364 g/mol. The van der Waals surface area contributed by atoms with Crippen LogP contribution in [0, 0.1) is 5.92 Å². The molecule has 4 heteroatoms. The van der Waals surface area contributed by atoms with Gasteiger partial charge in [-0.1, -0.05) is 52.0 Å². The molecule has 0 bridgehead atoms. The molecule has 1 aliphatic rings. The summed E-state index contributed by atoms with van der Waals surface area (Å²) >= 11 is 0. The minimum atomic E-state index is -0.632. The monoisotopic (exact) mass is 363 g/mol. The van der Waals surface area contributed by atoms with Crippen LogP contribution in [0.3, 0.4) is 0 Å². The Morgan fingerprint density at radius 2 is 1.88 bits per heavy atom. The van der Waals surface area contributed by atoms with Gasteiger partial charge >= 0.3 is 0 Å². The van der Waals surface area contributed by atoms with E-state index in [1.165, 1.54) is 37.7 Å². The highest BCUT2D eigenvalue weighted by Gasteiger charge is 2.16. The molecule has 2 N–H and O–H groups in total. The van der Waals surface area contributed by atoms with Gasteiger partial charge in [-0.25, -0.2) is 0 Å². The molecule has 26 heavy (non-hydrogen) atoms. The van der Waals surface area contributed by atoms with Crippen LogP contribution in [0.5, 0.6) is 5.75 Å². The van der Waals surface area contributed by atoms with E-state index >= 15 is 0 Å². The van der Waals surface area contributed by atoms with E-state index in [-0.39, 0.29) is 6.29 Å². The highest BCUT2D eigenvalue weighted by molar-refractivity contribution is 5.58. The topological polar surface area (TPSA) is 50.7 Å². The fraction of sp³-hybridized carbons (Fsp3) is 0.727. The van der Waals surface area contributed by atoms with E-state index in [1.54, 1.807) is 6.92 Å². The lowest BCUT2D eigenvalue weighted by Gasteiger charge is -2.23. The fourth-order valence-electron chi connectivity index (χ4n) is 3.62. The molecule has 1 saturated carbocycles. The maximum atomic E-state index is 9.74. The minimum absolute atomic E-state index is 0.303. The summed E-state index contributed by atoms with van der Waals surface area (Å²) < 4.78 is 11.9. The fourth-order valence-corrected chi connectivity index (χ4v) is 3.62. The maximum Gasteiger partial charge on any atom is 0.197 e. The number of anilines is 1. The third kappa shape index (κ3) is 6.81. The summed E-state index contributed by atoms with van der Waals surface area (Å²) in [6, 6.07) is 6.16. The third-order valence-corrected chi connectivity index (χ3v) is 5.45. The Bertz CT molecular complexity index is 526. The Morgan fingerprint density at radius 1 is 1.15 bits per heavy atom. The van der Waals surface area contributed by atoms with Gasteiger partial charge in [0, 0.05) is 0 Å². The van der Waals surface area contributed by atoms with E-state index in [1.807, 2.05) is 13.0 Å². The van der Waals surface area contributed by atoms with E-state index in [2.05, 4.69) is 31.3 Å². The van der Waals surface area contributed by atoms with E-state index in [4.69, 9.17) is 9.47 Å². The van der Waals surface area contributed by atoms with Crippen LogP contribution in [0.2, 0.25) is 0 Å². The number of hydrogen-bond acceptors (Lipinski definition) is 4. The second-order valence-corrected chi connectivity index (χ2v) is 7.73. The number of rotatable bonds is 10. The smallest absolute Gasteiger partial charge is 0.197 e. The van der Waals surface area contributed by atoms with Gasteiger partial charge in [-0.15, -0.1) is 0 Å². The van der Waals surface area contributed by atoms with Gasteiger partial charge in [0.15, 0.2) is 6.29 Å². The zero-order chi connectivity index (χ0) is 18.9. The first-order valence-electron chi connectivity index (χ1n) is 10.4. The van der Waals surface area contributed by atoms with Crippen molar-refractivity contribution in [2.75, 3.05) is 11.9 Å². The number of benzene rings is 1. The molecule has 3 unspecified atom stereocenters. The van der Waals surface area contributed by atoms with Crippen LogP contribution in [0.15, 0.2) is 18.2 Å². The average Bonchev–Trinajstić information content (AvgIpc) is 2.63. The van der Waals surface area contributed by atoms with Crippen LogP contribution in [0.25, 0.3) is 0 Å². The molecule has 0 radical (unpaired) electrons. The molecule has 1 fully saturated rings. The first-order chi connectivity index (χ1) is 12.5. The van der Waals surface area contributed by atoms with E-state index < -0.39 is 6.23 Å². The zero-order valence-corrected chi connectivity index (χ0v) is 17.0. The van der Waals surface area contributed by atoms with Crippen molar-refractivity contribution < 1.29 is 14.6 Å². The van der Waals surface area contributed by atoms with Gasteiger partial charge in [0.2, 0.25) is 0 Å². The van der Waals surface area contributed by atoms with Crippen molar-refractivity contribution in [3.8, 4) is 5.75 Å². The van der Waals surface area contributed by atoms with Crippen molar-refractivity contribution in [3.05, 3.63) is 23.8 Å². The largest absolute Gasteiger partial charge is 0.463 e. The van der Waals surface area contributed by atoms with Gasteiger partial charge in [-0.2, -0.15) is 0 Å². The lowest BCUT2D eigenvalue weighted by molar-refractivity contribution is -0.0708. The first-order valence-corrected chi connectivity index (χ1v) is 10.4. The van der Waals surface area contributed by atoms with Crippen molar-refractivity contribution in [1.82, 2.24) is 0 Å². The molecular weight excluding hydrogens is 326 g/mol. The minimum Gasteiger partial charge on any atom is -0.463 e. The van der Waals surface area contributed by atoms with Crippen LogP contribution in [-0.4, -0.2) is 24.2 Å². The SMILES string of the molecule is CCC(C)c1ccc(OC(C)OCCC2CCCCC2)c(NC(C)O)c1. The van der Waals surface area contributed by atoms with Crippen molar-refractivity contribution >= 4 is 5.69 Å². The Hall–Kier alpha value is -1.26. The first kappa shape index (κ1) is 21.0. The molecule has 0 spiro atoms. The van der Waals surface area contributed by atoms with Crippen LogP contribution >= 0.6 is 0 Å². The summed E-state index contributed by atoms with van der Waals surface area (Å²) in [7, 11) is 0. The van der Waals surface area contributed by atoms with E-state index in [0.717, 1.165) is 36.8 Å². The number of ether oxygens (including phenoxy) is 2. The molecule has 0 amide bonds. The molecule has 0 aromatic heterocycles. The Balaban J connectivity index is 1.90. The van der Waals surface area contributed by atoms with Crippen LogP contribution in [0.4, 0.5) is 5.69 Å². The molecule has 3 atom stereocenters. The highest BCUT2D eigenvalue weighted by atomic mass is 16.7. The normalized spacial score (nSPS) is 19.0. The summed E-state index contributed by atoms with van der Waals surface area (Å²) in [4.78, 5) is 0. The molecule has 0 saturated heterocycles. The van der Waals surface area contributed by atoms with Gasteiger partial charge in [-0.3, -0.25) is 0 Å². The van der Waals surface area contributed by atoms with Crippen LogP contribution in [-0.2, 0) is 4.74 Å². The van der Waals surface area contributed by atoms with Gasteiger partial charge in [0.05, 0.1) is 12.3 Å². The summed E-state index contributed by atoms with van der Waals surface area (Å²) in [5.74, 6) is 2.02. The third-order valence-electron chi connectivity index (χ3n) is 5.45. The molecule has 4 nitrogen and oxygen atoms in total. The lowest BCUT2D eigenvalue weighted by Crippen LogP contribution is -2.21. The predicted octanol–water partition coefficient (Wildman–Crippen LogP) is 5.66. The zero-order valence-electron chi connectivity index (χ0n) is 17.0. The van der Waals surface area contributed by atoms with E-state index in [0.29, 0.717) is 5.92 Å². The van der Waals surface area contributed by atoms with Crippen molar-refractivity contribution in [3.63, 3.8) is 0 Å². The van der Waals surface area contributed by atoms with Crippen LogP contribution < -0.4 is 10.1 Å². The molecule has 148 valence electrons. The Kier molecular flexibility index (Phi) is 8.73. The second kappa shape index (κ2) is 10.8. The van der Waals surface area contributed by atoms with Gasteiger partial charge in [-0.05, 0) is 56.2 Å². The molecule has 0 aliphatic heterocycles. The summed E-state index contributed by atoms with van der Waals surface area (Å²) in [6.07, 6.45) is 8.09. The number of aliphatic hydroxyl groups is 1. The summed E-state index contributed by atoms with van der Waals surface area (Å²) in [5, 5.41) is 12.8. The molecule has 1 aromatic rings. The molecular formula is C22H37NO3. The lowest BCUT2D eigenvalue weighted by atomic mass is 9.87.